The molecule has 1 N–H and O–H groups in total. The second kappa shape index (κ2) is 7.49. The van der Waals surface area contributed by atoms with Crippen LogP contribution < -0.4 is 5.32 Å². The summed E-state index contributed by atoms with van der Waals surface area (Å²) in [6.45, 7) is 14.3. The molecule has 1 aliphatic carbocycles. The van der Waals surface area contributed by atoms with Gasteiger partial charge in [-0.2, -0.15) is 0 Å². The van der Waals surface area contributed by atoms with E-state index in [2.05, 4.69) is 39.9 Å². The number of hydrogen-bond acceptors (Lipinski definition) is 2. The number of rotatable bonds is 6. The fraction of sp³-hybridized carbons (Fsp3) is 1.00. The van der Waals surface area contributed by atoms with Crippen LogP contribution in [0.2, 0.25) is 0 Å². The summed E-state index contributed by atoms with van der Waals surface area (Å²) in [5.74, 6) is 1.56. The minimum Gasteiger partial charge on any atom is -0.380 e. The van der Waals surface area contributed by atoms with Crippen LogP contribution >= 0.6 is 0 Å². The normalized spacial score (nSPS) is 25.7. The lowest BCUT2D eigenvalue weighted by Gasteiger charge is -2.37. The van der Waals surface area contributed by atoms with Crippen LogP contribution in [0.25, 0.3) is 0 Å². The first kappa shape index (κ1) is 16.0. The van der Waals surface area contributed by atoms with Crippen molar-refractivity contribution in [3.05, 3.63) is 0 Å². The van der Waals surface area contributed by atoms with Gasteiger partial charge in [0.1, 0.15) is 0 Å². The van der Waals surface area contributed by atoms with Gasteiger partial charge in [-0.1, -0.05) is 34.6 Å². The van der Waals surface area contributed by atoms with Crippen molar-refractivity contribution in [2.24, 2.45) is 17.3 Å². The highest BCUT2D eigenvalue weighted by molar-refractivity contribution is 4.83. The van der Waals surface area contributed by atoms with Crippen molar-refractivity contribution in [1.82, 2.24) is 5.32 Å². The maximum Gasteiger partial charge on any atom is 0.0591 e. The first-order valence-corrected chi connectivity index (χ1v) is 7.70. The van der Waals surface area contributed by atoms with Gasteiger partial charge in [0.2, 0.25) is 0 Å². The van der Waals surface area contributed by atoms with E-state index in [4.69, 9.17) is 4.74 Å². The molecule has 2 nitrogen and oxygen atoms in total. The van der Waals surface area contributed by atoms with Gasteiger partial charge in [-0.05, 0) is 42.9 Å². The topological polar surface area (TPSA) is 21.3 Å². The minimum atomic E-state index is 0.491. The summed E-state index contributed by atoms with van der Waals surface area (Å²) in [4.78, 5) is 0. The van der Waals surface area contributed by atoms with Gasteiger partial charge in [0.05, 0.1) is 6.61 Å². The van der Waals surface area contributed by atoms with Gasteiger partial charge in [-0.15, -0.1) is 0 Å². The Bertz CT molecular complexity index is 212. The predicted molar refractivity (Wildman–Crippen MR) is 78.9 cm³/mol. The van der Waals surface area contributed by atoms with Gasteiger partial charge in [-0.3, -0.25) is 0 Å². The average molecular weight is 255 g/mol. The number of hydrogen-bond donors (Lipinski definition) is 1. The summed E-state index contributed by atoms with van der Waals surface area (Å²) < 4.78 is 5.60. The van der Waals surface area contributed by atoms with Crippen LogP contribution in [-0.4, -0.2) is 25.8 Å². The van der Waals surface area contributed by atoms with Crippen LogP contribution in [-0.2, 0) is 4.74 Å². The molecule has 1 rings (SSSR count). The predicted octanol–water partition coefficient (Wildman–Crippen LogP) is 3.85. The maximum absolute atomic E-state index is 5.60. The van der Waals surface area contributed by atoms with Crippen molar-refractivity contribution in [2.75, 3.05) is 19.8 Å². The van der Waals surface area contributed by atoms with Crippen LogP contribution in [0.15, 0.2) is 0 Å². The molecule has 0 atom stereocenters. The Morgan fingerprint density at radius 3 is 2.22 bits per heavy atom. The first-order valence-electron chi connectivity index (χ1n) is 7.70. The van der Waals surface area contributed by atoms with E-state index < -0.39 is 0 Å². The van der Waals surface area contributed by atoms with E-state index in [-0.39, 0.29) is 0 Å². The van der Waals surface area contributed by atoms with E-state index in [0.29, 0.717) is 11.3 Å². The van der Waals surface area contributed by atoms with E-state index in [1.807, 2.05) is 0 Å². The molecule has 1 aliphatic rings. The Morgan fingerprint density at radius 1 is 1.11 bits per heavy atom. The van der Waals surface area contributed by atoms with Crippen LogP contribution in [0.1, 0.15) is 60.3 Å². The molecule has 1 saturated carbocycles. The van der Waals surface area contributed by atoms with Crippen LogP contribution in [0, 0.1) is 17.3 Å². The molecule has 0 saturated heterocycles. The molecule has 0 aromatic heterocycles. The molecule has 1 fully saturated rings. The molecule has 0 amide bonds. The largest absolute Gasteiger partial charge is 0.380 e. The van der Waals surface area contributed by atoms with Gasteiger partial charge in [0, 0.05) is 19.2 Å². The van der Waals surface area contributed by atoms with Gasteiger partial charge in [-0.25, -0.2) is 0 Å². The van der Waals surface area contributed by atoms with E-state index in [9.17, 15) is 0 Å². The Labute approximate surface area is 114 Å². The van der Waals surface area contributed by atoms with Gasteiger partial charge < -0.3 is 10.1 Å². The van der Waals surface area contributed by atoms with Crippen molar-refractivity contribution in [2.45, 2.75) is 66.3 Å². The molecule has 0 aromatic rings. The zero-order valence-corrected chi connectivity index (χ0v) is 13.1. The lowest BCUT2D eigenvalue weighted by Crippen LogP contribution is -2.37. The van der Waals surface area contributed by atoms with E-state index in [0.717, 1.165) is 31.7 Å². The maximum atomic E-state index is 5.60. The number of nitrogens with one attached hydrogen (secondary N) is 1. The van der Waals surface area contributed by atoms with Crippen LogP contribution in [0.4, 0.5) is 0 Å². The summed E-state index contributed by atoms with van der Waals surface area (Å²) in [6.07, 6.45) is 5.44. The molecule has 0 bridgehead atoms. The van der Waals surface area contributed by atoms with Crippen molar-refractivity contribution in [3.63, 3.8) is 0 Å². The third-order valence-electron chi connectivity index (χ3n) is 4.08. The molecule has 18 heavy (non-hydrogen) atoms. The Hall–Kier alpha value is -0.0800. The SMILES string of the molecule is CC(C)COCCNC1CCC(C(C)(C)C)CC1. The van der Waals surface area contributed by atoms with E-state index >= 15 is 0 Å². The van der Waals surface area contributed by atoms with Crippen molar-refractivity contribution in [3.8, 4) is 0 Å². The van der Waals surface area contributed by atoms with E-state index in [1.165, 1.54) is 25.7 Å². The fourth-order valence-electron chi connectivity index (χ4n) is 2.82. The standard InChI is InChI=1S/C16H33NO/c1-13(2)12-18-11-10-17-15-8-6-14(7-9-15)16(3,4)5/h13-15,17H,6-12H2,1-5H3. The molecule has 0 aromatic carbocycles. The molecule has 0 spiro atoms. The highest BCUT2D eigenvalue weighted by atomic mass is 16.5. The zero-order chi connectivity index (χ0) is 13.6. The highest BCUT2D eigenvalue weighted by Gasteiger charge is 2.29. The summed E-state index contributed by atoms with van der Waals surface area (Å²) in [5, 5.41) is 3.64. The molecule has 2 heteroatoms. The molecule has 0 aliphatic heterocycles. The minimum absolute atomic E-state index is 0.491. The second-order valence-corrected chi connectivity index (χ2v) is 7.34. The summed E-state index contributed by atoms with van der Waals surface area (Å²) in [5.41, 5.74) is 0.491. The van der Waals surface area contributed by atoms with Crippen molar-refractivity contribution in [1.29, 1.82) is 0 Å². The average Bonchev–Trinajstić information content (AvgIpc) is 2.27. The van der Waals surface area contributed by atoms with Crippen molar-refractivity contribution >= 4 is 0 Å². The first-order chi connectivity index (χ1) is 8.39. The smallest absolute Gasteiger partial charge is 0.0591 e. The molecule has 0 radical (unpaired) electrons. The van der Waals surface area contributed by atoms with Crippen molar-refractivity contribution < 1.29 is 4.74 Å². The van der Waals surface area contributed by atoms with Crippen LogP contribution in [0.3, 0.4) is 0 Å². The van der Waals surface area contributed by atoms with Crippen LogP contribution in [0.5, 0.6) is 0 Å². The fourth-order valence-corrected chi connectivity index (χ4v) is 2.82. The second-order valence-electron chi connectivity index (χ2n) is 7.34. The summed E-state index contributed by atoms with van der Waals surface area (Å²) in [7, 11) is 0. The zero-order valence-electron chi connectivity index (χ0n) is 13.1. The molecular formula is C16H33NO. The third-order valence-corrected chi connectivity index (χ3v) is 4.08. The van der Waals surface area contributed by atoms with E-state index in [1.54, 1.807) is 0 Å². The summed E-state index contributed by atoms with van der Waals surface area (Å²) in [6, 6.07) is 0.728. The molecule has 0 heterocycles. The molecule has 108 valence electrons. The molecular weight excluding hydrogens is 222 g/mol. The van der Waals surface area contributed by atoms with Gasteiger partial charge in [0.15, 0.2) is 0 Å². The lowest BCUT2D eigenvalue weighted by molar-refractivity contribution is 0.105. The third kappa shape index (κ3) is 6.19. The number of ether oxygens (including phenoxy) is 1. The Kier molecular flexibility index (Phi) is 6.65. The Morgan fingerprint density at radius 2 is 1.72 bits per heavy atom. The lowest BCUT2D eigenvalue weighted by atomic mass is 9.71. The van der Waals surface area contributed by atoms with Gasteiger partial charge >= 0.3 is 0 Å². The monoisotopic (exact) mass is 255 g/mol. The quantitative estimate of drug-likeness (QED) is 0.728. The molecule has 0 unspecified atom stereocenters. The summed E-state index contributed by atoms with van der Waals surface area (Å²) >= 11 is 0. The highest BCUT2D eigenvalue weighted by Crippen LogP contribution is 2.37. The Balaban J connectivity index is 2.06. The van der Waals surface area contributed by atoms with Gasteiger partial charge in [0.25, 0.3) is 0 Å².